The van der Waals surface area contributed by atoms with Crippen molar-refractivity contribution in [3.8, 4) is 0 Å². The van der Waals surface area contributed by atoms with E-state index in [0.29, 0.717) is 11.1 Å². The molecule has 152 valence electrons. The Kier molecular flexibility index (Phi) is 8.33. The van der Waals surface area contributed by atoms with E-state index in [2.05, 4.69) is 82.2 Å². The first-order chi connectivity index (χ1) is 12.7. The molecule has 1 saturated carbocycles. The van der Waals surface area contributed by atoms with E-state index in [1.807, 2.05) is 0 Å². The van der Waals surface area contributed by atoms with Gasteiger partial charge in [0.1, 0.15) is 0 Å². The van der Waals surface area contributed by atoms with Crippen molar-refractivity contribution >= 4 is 8.32 Å². The molecule has 0 heterocycles. The molecule has 0 radical (unpaired) electrons. The Morgan fingerprint density at radius 2 is 1.78 bits per heavy atom. The molecule has 1 unspecified atom stereocenters. The van der Waals surface area contributed by atoms with Crippen molar-refractivity contribution in [1.29, 1.82) is 0 Å². The van der Waals surface area contributed by atoms with Crippen molar-refractivity contribution in [3.63, 3.8) is 0 Å². The monoisotopic (exact) mass is 387 g/mol. The fraction of sp³-hybridized carbons (Fsp3) is 0.667. The number of nitrogens with one attached hydrogen (secondary N) is 1. The Hall–Kier alpha value is -0.903. The minimum Gasteiger partial charge on any atom is -0.417 e. The molecule has 1 aliphatic rings. The Bertz CT molecular complexity index is 555. The van der Waals surface area contributed by atoms with Gasteiger partial charge in [-0.2, -0.15) is 0 Å². The van der Waals surface area contributed by atoms with E-state index in [1.54, 1.807) is 0 Å². The van der Waals surface area contributed by atoms with Gasteiger partial charge in [-0.3, -0.25) is 0 Å². The molecular formula is C24H41NOSi. The van der Waals surface area contributed by atoms with Crippen LogP contribution in [0.1, 0.15) is 58.4 Å². The number of benzene rings is 1. The Morgan fingerprint density at radius 3 is 2.33 bits per heavy atom. The predicted molar refractivity (Wildman–Crippen MR) is 120 cm³/mol. The van der Waals surface area contributed by atoms with Gasteiger partial charge in [0.25, 0.3) is 0 Å². The molecule has 0 spiro atoms. The second kappa shape index (κ2) is 10.0. The largest absolute Gasteiger partial charge is 0.417 e. The maximum absolute atomic E-state index is 6.49. The van der Waals surface area contributed by atoms with Crippen LogP contribution in [0.3, 0.4) is 0 Å². The lowest BCUT2D eigenvalue weighted by Gasteiger charge is -2.39. The molecule has 3 heteroatoms. The third-order valence-corrected chi connectivity index (χ3v) is 11.3. The first-order valence-electron chi connectivity index (χ1n) is 10.7. The maximum Gasteiger partial charge on any atom is 0.191 e. The van der Waals surface area contributed by atoms with Crippen molar-refractivity contribution in [2.24, 2.45) is 11.8 Å². The molecule has 1 aromatic rings. The van der Waals surface area contributed by atoms with Crippen molar-refractivity contribution < 1.29 is 4.43 Å². The quantitative estimate of drug-likeness (QED) is 0.383. The van der Waals surface area contributed by atoms with Gasteiger partial charge in [-0.25, -0.2) is 0 Å². The summed E-state index contributed by atoms with van der Waals surface area (Å²) in [6.45, 7) is 17.6. The lowest BCUT2D eigenvalue weighted by Crippen LogP contribution is -2.43. The zero-order valence-electron chi connectivity index (χ0n) is 18.3. The van der Waals surface area contributed by atoms with Crippen LogP contribution in [0.2, 0.25) is 18.1 Å². The summed E-state index contributed by atoms with van der Waals surface area (Å²) in [7, 11) is -1.62. The second-order valence-electron chi connectivity index (χ2n) is 9.85. The Balaban J connectivity index is 1.80. The standard InChI is InChI=1S/C24H41NOSi/c1-7-11-23(25-18-20-12-9-8-10-13-20)22-16-14-21(15-17-22)19-26-27(5,6)24(2,3)4/h7-10,12-13,21-23,25H,1,11,14-19H2,2-6H3. The molecule has 1 atom stereocenters. The van der Waals surface area contributed by atoms with Gasteiger partial charge in [0.15, 0.2) is 8.32 Å². The van der Waals surface area contributed by atoms with Gasteiger partial charge < -0.3 is 9.74 Å². The summed E-state index contributed by atoms with van der Waals surface area (Å²) in [4.78, 5) is 0. The Labute approximate surface area is 168 Å². The molecule has 27 heavy (non-hydrogen) atoms. The van der Waals surface area contributed by atoms with Crippen LogP contribution in [0.25, 0.3) is 0 Å². The summed E-state index contributed by atoms with van der Waals surface area (Å²) in [6, 6.07) is 11.3. The van der Waals surface area contributed by atoms with Crippen LogP contribution >= 0.6 is 0 Å². The summed E-state index contributed by atoms with van der Waals surface area (Å²) < 4.78 is 6.49. The van der Waals surface area contributed by atoms with Crippen molar-refractivity contribution in [2.45, 2.75) is 83.6 Å². The molecule has 1 N–H and O–H groups in total. The fourth-order valence-corrected chi connectivity index (χ4v) is 4.85. The van der Waals surface area contributed by atoms with E-state index in [-0.39, 0.29) is 0 Å². The number of rotatable bonds is 9. The first-order valence-corrected chi connectivity index (χ1v) is 13.7. The van der Waals surface area contributed by atoms with Gasteiger partial charge in [0.05, 0.1) is 0 Å². The highest BCUT2D eigenvalue weighted by Crippen LogP contribution is 2.38. The first kappa shape index (κ1) is 22.4. The molecule has 0 saturated heterocycles. The van der Waals surface area contributed by atoms with E-state index in [0.717, 1.165) is 31.4 Å². The molecule has 2 rings (SSSR count). The van der Waals surface area contributed by atoms with Crippen molar-refractivity contribution in [3.05, 3.63) is 48.6 Å². The number of hydrogen-bond acceptors (Lipinski definition) is 2. The molecule has 2 nitrogen and oxygen atoms in total. The normalized spacial score (nSPS) is 22.4. The minimum atomic E-state index is -1.62. The molecule has 0 bridgehead atoms. The third-order valence-electron chi connectivity index (χ3n) is 6.78. The van der Waals surface area contributed by atoms with Crippen LogP contribution in [0.15, 0.2) is 43.0 Å². The van der Waals surface area contributed by atoms with Gasteiger partial charge >= 0.3 is 0 Å². The summed E-state index contributed by atoms with van der Waals surface area (Å²) in [6.07, 6.45) is 8.37. The lowest BCUT2D eigenvalue weighted by molar-refractivity contribution is 0.154. The van der Waals surface area contributed by atoms with Gasteiger partial charge in [0.2, 0.25) is 0 Å². The summed E-state index contributed by atoms with van der Waals surface area (Å²) in [5, 5.41) is 4.11. The Morgan fingerprint density at radius 1 is 1.15 bits per heavy atom. The molecule has 0 aliphatic heterocycles. The lowest BCUT2D eigenvalue weighted by atomic mass is 9.78. The molecule has 0 amide bonds. The highest BCUT2D eigenvalue weighted by atomic mass is 28.4. The smallest absolute Gasteiger partial charge is 0.191 e. The highest BCUT2D eigenvalue weighted by molar-refractivity contribution is 6.74. The van der Waals surface area contributed by atoms with Crippen LogP contribution in [0, 0.1) is 11.8 Å². The van der Waals surface area contributed by atoms with Gasteiger partial charge in [-0.1, -0.05) is 57.2 Å². The van der Waals surface area contributed by atoms with Crippen LogP contribution in [0.5, 0.6) is 0 Å². The molecule has 1 aromatic carbocycles. The highest BCUT2D eigenvalue weighted by Gasteiger charge is 2.38. The van der Waals surface area contributed by atoms with E-state index < -0.39 is 8.32 Å². The van der Waals surface area contributed by atoms with E-state index >= 15 is 0 Å². The summed E-state index contributed by atoms with van der Waals surface area (Å²) >= 11 is 0. The molecule has 1 fully saturated rings. The predicted octanol–water partition coefficient (Wildman–Crippen LogP) is 6.55. The summed E-state index contributed by atoms with van der Waals surface area (Å²) in [5.74, 6) is 1.50. The molecular weight excluding hydrogens is 346 g/mol. The minimum absolute atomic E-state index is 0.306. The average molecular weight is 388 g/mol. The van der Waals surface area contributed by atoms with Crippen molar-refractivity contribution in [2.75, 3.05) is 6.61 Å². The molecule has 1 aliphatic carbocycles. The fourth-order valence-electron chi connectivity index (χ4n) is 3.77. The van der Waals surface area contributed by atoms with E-state index in [1.165, 1.54) is 31.2 Å². The van der Waals surface area contributed by atoms with Crippen LogP contribution in [-0.2, 0) is 11.0 Å². The van der Waals surface area contributed by atoms with Gasteiger partial charge in [-0.05, 0) is 67.6 Å². The average Bonchev–Trinajstić information content (AvgIpc) is 2.64. The zero-order valence-corrected chi connectivity index (χ0v) is 19.3. The number of hydrogen-bond donors (Lipinski definition) is 1. The van der Waals surface area contributed by atoms with Gasteiger partial charge in [0, 0.05) is 19.2 Å². The van der Waals surface area contributed by atoms with Gasteiger partial charge in [-0.15, -0.1) is 6.58 Å². The SMILES string of the molecule is C=CCC(NCc1ccccc1)C1CCC(CO[Si](C)(C)C(C)(C)C)CC1. The summed E-state index contributed by atoms with van der Waals surface area (Å²) in [5.41, 5.74) is 1.36. The van der Waals surface area contributed by atoms with E-state index in [9.17, 15) is 0 Å². The second-order valence-corrected chi connectivity index (χ2v) is 14.7. The zero-order chi connectivity index (χ0) is 19.9. The van der Waals surface area contributed by atoms with Crippen LogP contribution in [0.4, 0.5) is 0 Å². The topological polar surface area (TPSA) is 21.3 Å². The van der Waals surface area contributed by atoms with Crippen molar-refractivity contribution in [1.82, 2.24) is 5.32 Å². The van der Waals surface area contributed by atoms with E-state index in [4.69, 9.17) is 4.43 Å². The molecule has 0 aromatic heterocycles. The van der Waals surface area contributed by atoms with Crippen LogP contribution in [-0.4, -0.2) is 21.0 Å². The van der Waals surface area contributed by atoms with Crippen LogP contribution < -0.4 is 5.32 Å². The third kappa shape index (κ3) is 6.89. The maximum atomic E-state index is 6.49.